The molecule has 12 nitrogen and oxygen atoms in total. The SMILES string of the molecule is O=C(NS(=O)(=O)c1ccc(NC2CCOCC2)c([N+](=O)[O-])c1)c1ccc(N2CCN(C(=O)C34CC5CC(CC(C5)C3)C4)CC2)cc1. The highest BCUT2D eigenvalue weighted by Crippen LogP contribution is 2.60. The number of rotatable bonds is 8. The average Bonchev–Trinajstić information content (AvgIpc) is 3.04. The lowest BCUT2D eigenvalue weighted by Gasteiger charge is -2.57. The van der Waals surface area contributed by atoms with Crippen LogP contribution in [0, 0.1) is 33.3 Å². The van der Waals surface area contributed by atoms with Crippen LogP contribution in [0.25, 0.3) is 0 Å². The van der Waals surface area contributed by atoms with Gasteiger partial charge in [-0.1, -0.05) is 0 Å². The summed E-state index contributed by atoms with van der Waals surface area (Å²) in [4.78, 5) is 41.7. The lowest BCUT2D eigenvalue weighted by atomic mass is 9.49. The topological polar surface area (TPSA) is 151 Å². The Kier molecular flexibility index (Phi) is 8.16. The first-order chi connectivity index (χ1) is 22.1. The van der Waals surface area contributed by atoms with E-state index < -0.39 is 20.9 Å². The lowest BCUT2D eigenvalue weighted by molar-refractivity contribution is -0.384. The summed E-state index contributed by atoms with van der Waals surface area (Å²) in [6, 6.07) is 10.2. The van der Waals surface area contributed by atoms with Crippen molar-refractivity contribution in [2.24, 2.45) is 23.2 Å². The highest BCUT2D eigenvalue weighted by Gasteiger charge is 2.55. The van der Waals surface area contributed by atoms with Gasteiger partial charge in [-0.25, -0.2) is 13.1 Å². The van der Waals surface area contributed by atoms with Gasteiger partial charge in [0.25, 0.3) is 21.6 Å². The number of hydrogen-bond acceptors (Lipinski definition) is 9. The Labute approximate surface area is 269 Å². The van der Waals surface area contributed by atoms with Crippen LogP contribution in [0.15, 0.2) is 47.4 Å². The lowest BCUT2D eigenvalue weighted by Crippen LogP contribution is -2.58. The molecule has 0 radical (unpaired) electrons. The quantitative estimate of drug-likeness (QED) is 0.317. The van der Waals surface area contributed by atoms with Gasteiger partial charge >= 0.3 is 0 Å². The van der Waals surface area contributed by atoms with E-state index in [4.69, 9.17) is 4.74 Å². The standard InChI is InChI=1S/C33H41N5O7S/c39-31(35-46(43,44)28-5-6-29(30(18-28)38(41)42)34-26-7-13-45-14-8-26)25-1-3-27(4-2-25)36-9-11-37(12-10-36)32(40)33-19-22-15-23(20-33)17-24(16-22)21-33/h1-6,18,22-24,26,34H,7-17,19-21H2,(H,35,39). The number of nitrogens with zero attached hydrogens (tertiary/aromatic N) is 3. The molecular weight excluding hydrogens is 610 g/mol. The van der Waals surface area contributed by atoms with Gasteiger partial charge < -0.3 is 19.9 Å². The van der Waals surface area contributed by atoms with Gasteiger partial charge in [0, 0.05) is 62.8 Å². The molecule has 6 fully saturated rings. The number of ether oxygens (including phenoxy) is 1. The predicted octanol–water partition coefficient (Wildman–Crippen LogP) is 4.17. The smallest absolute Gasteiger partial charge is 0.293 e. The summed E-state index contributed by atoms with van der Waals surface area (Å²) in [6.45, 7) is 3.80. The van der Waals surface area contributed by atoms with E-state index in [1.165, 1.54) is 31.4 Å². The molecule has 4 aliphatic carbocycles. The summed E-state index contributed by atoms with van der Waals surface area (Å²) in [5, 5.41) is 14.9. The Morgan fingerprint density at radius 1 is 0.891 bits per heavy atom. The summed E-state index contributed by atoms with van der Waals surface area (Å²) in [7, 11) is -4.37. The van der Waals surface area contributed by atoms with E-state index in [0.29, 0.717) is 58.1 Å². The van der Waals surface area contributed by atoms with Gasteiger partial charge in [0.2, 0.25) is 5.91 Å². The fourth-order valence-corrected chi connectivity index (χ4v) is 9.95. The minimum absolute atomic E-state index is 0.0182. The van der Waals surface area contributed by atoms with Crippen LogP contribution in [-0.2, 0) is 19.6 Å². The third kappa shape index (κ3) is 6.06. The zero-order valence-corrected chi connectivity index (χ0v) is 26.7. The predicted molar refractivity (Wildman–Crippen MR) is 171 cm³/mol. The van der Waals surface area contributed by atoms with Crippen molar-refractivity contribution in [1.29, 1.82) is 0 Å². The molecule has 2 heterocycles. The number of nitro benzene ring substituents is 1. The Balaban J connectivity index is 0.958. The minimum Gasteiger partial charge on any atom is -0.381 e. The fourth-order valence-electron chi connectivity index (χ4n) is 8.95. The third-order valence-electron chi connectivity index (χ3n) is 10.8. The van der Waals surface area contributed by atoms with Crippen LogP contribution in [0.4, 0.5) is 17.1 Å². The molecule has 0 spiro atoms. The van der Waals surface area contributed by atoms with E-state index in [9.17, 15) is 28.1 Å². The molecule has 2 N–H and O–H groups in total. The monoisotopic (exact) mass is 651 g/mol. The summed E-state index contributed by atoms with van der Waals surface area (Å²) >= 11 is 0. The number of carbonyl (C=O) groups excluding carboxylic acids is 2. The molecular formula is C33H41N5O7S. The summed E-state index contributed by atoms with van der Waals surface area (Å²) < 4.78 is 33.5. The Hall–Kier alpha value is -3.71. The summed E-state index contributed by atoms with van der Waals surface area (Å²) in [6.07, 6.45) is 8.49. The maximum atomic E-state index is 13.8. The normalized spacial score (nSPS) is 27.8. The van der Waals surface area contributed by atoms with E-state index in [-0.39, 0.29) is 33.3 Å². The Bertz CT molecular complexity index is 1580. The van der Waals surface area contributed by atoms with Crippen LogP contribution in [0.1, 0.15) is 61.7 Å². The Morgan fingerprint density at radius 3 is 2.09 bits per heavy atom. The largest absolute Gasteiger partial charge is 0.381 e. The van der Waals surface area contributed by atoms with E-state index in [0.717, 1.165) is 48.8 Å². The van der Waals surface area contributed by atoms with Crippen molar-refractivity contribution in [2.45, 2.75) is 62.3 Å². The van der Waals surface area contributed by atoms with Gasteiger partial charge in [-0.05, 0) is 106 Å². The van der Waals surface area contributed by atoms with Crippen molar-refractivity contribution in [3.63, 3.8) is 0 Å². The molecule has 4 bridgehead atoms. The molecule has 2 aromatic rings. The average molecular weight is 652 g/mol. The highest BCUT2D eigenvalue weighted by atomic mass is 32.2. The number of nitro groups is 1. The molecule has 6 aliphatic rings. The second-order valence-electron chi connectivity index (χ2n) is 13.9. The first-order valence-electron chi connectivity index (χ1n) is 16.4. The molecule has 2 amide bonds. The first kappa shape index (κ1) is 30.9. The first-order valence-corrected chi connectivity index (χ1v) is 17.9. The van der Waals surface area contributed by atoms with Crippen LogP contribution >= 0.6 is 0 Å². The molecule has 246 valence electrons. The molecule has 0 aromatic heterocycles. The van der Waals surface area contributed by atoms with Gasteiger partial charge in [-0.2, -0.15) is 0 Å². The van der Waals surface area contributed by atoms with E-state index in [1.807, 2.05) is 4.72 Å². The number of hydrogen-bond donors (Lipinski definition) is 2. The van der Waals surface area contributed by atoms with E-state index in [2.05, 4.69) is 15.1 Å². The molecule has 2 aliphatic heterocycles. The summed E-state index contributed by atoms with van der Waals surface area (Å²) in [5.41, 5.74) is 0.738. The zero-order valence-electron chi connectivity index (χ0n) is 25.9. The number of anilines is 2. The highest BCUT2D eigenvalue weighted by molar-refractivity contribution is 7.90. The van der Waals surface area contributed by atoms with Crippen molar-refractivity contribution in [3.05, 3.63) is 58.1 Å². The zero-order chi connectivity index (χ0) is 32.1. The molecule has 46 heavy (non-hydrogen) atoms. The maximum Gasteiger partial charge on any atom is 0.293 e. The van der Waals surface area contributed by atoms with Crippen molar-refractivity contribution in [2.75, 3.05) is 49.6 Å². The number of sulfonamides is 1. The van der Waals surface area contributed by atoms with Crippen molar-refractivity contribution >= 4 is 38.9 Å². The van der Waals surface area contributed by atoms with Crippen LogP contribution < -0.4 is 14.9 Å². The van der Waals surface area contributed by atoms with Crippen LogP contribution in [0.3, 0.4) is 0 Å². The molecule has 8 rings (SSSR count). The molecule has 2 aromatic carbocycles. The summed E-state index contributed by atoms with van der Waals surface area (Å²) in [5.74, 6) is 1.71. The second kappa shape index (κ2) is 12.1. The Morgan fingerprint density at radius 2 is 1.50 bits per heavy atom. The minimum atomic E-state index is -4.37. The van der Waals surface area contributed by atoms with Crippen LogP contribution in [-0.4, -0.2) is 75.5 Å². The number of piperazine rings is 1. The number of carbonyl (C=O) groups is 2. The molecule has 2 saturated heterocycles. The number of nitrogens with one attached hydrogen (secondary N) is 2. The third-order valence-corrected chi connectivity index (χ3v) is 12.2. The van der Waals surface area contributed by atoms with Crippen LogP contribution in [0.2, 0.25) is 0 Å². The van der Waals surface area contributed by atoms with E-state index >= 15 is 0 Å². The van der Waals surface area contributed by atoms with E-state index in [1.54, 1.807) is 24.3 Å². The maximum absolute atomic E-state index is 13.8. The number of benzene rings is 2. The molecule has 0 unspecified atom stereocenters. The van der Waals surface area contributed by atoms with Crippen molar-refractivity contribution < 1.29 is 27.7 Å². The van der Waals surface area contributed by atoms with Crippen molar-refractivity contribution in [3.8, 4) is 0 Å². The molecule has 13 heteroatoms. The van der Waals surface area contributed by atoms with Crippen molar-refractivity contribution in [1.82, 2.24) is 9.62 Å². The fraction of sp³-hybridized carbons (Fsp3) is 0.576. The van der Waals surface area contributed by atoms with Gasteiger partial charge in [-0.15, -0.1) is 0 Å². The van der Waals surface area contributed by atoms with Gasteiger partial charge in [0.15, 0.2) is 0 Å². The van der Waals surface area contributed by atoms with Crippen LogP contribution in [0.5, 0.6) is 0 Å². The van der Waals surface area contributed by atoms with Gasteiger partial charge in [0.1, 0.15) is 5.69 Å². The molecule has 0 atom stereocenters. The number of amides is 2. The molecule has 4 saturated carbocycles. The van der Waals surface area contributed by atoms with Gasteiger partial charge in [-0.3, -0.25) is 19.7 Å². The van der Waals surface area contributed by atoms with Gasteiger partial charge in [0.05, 0.1) is 15.2 Å². The second-order valence-corrected chi connectivity index (χ2v) is 15.6.